The third-order valence-corrected chi connectivity index (χ3v) is 2.50. The lowest BCUT2D eigenvalue weighted by atomic mass is 9.96. The summed E-state index contributed by atoms with van der Waals surface area (Å²) in [4.78, 5) is 11.6. The predicted octanol–water partition coefficient (Wildman–Crippen LogP) is 3.96. The Kier molecular flexibility index (Phi) is 7.96. The van der Waals surface area contributed by atoms with Crippen molar-refractivity contribution < 1.29 is 9.53 Å². The van der Waals surface area contributed by atoms with Gasteiger partial charge in [0, 0.05) is 6.42 Å². The average molecular weight is 226 g/mol. The highest BCUT2D eigenvalue weighted by Crippen LogP contribution is 2.17. The van der Waals surface area contributed by atoms with Crippen LogP contribution in [-0.4, -0.2) is 12.1 Å². The number of ether oxygens (including phenoxy) is 1. The minimum Gasteiger partial charge on any atom is -0.462 e. The topological polar surface area (TPSA) is 26.3 Å². The first kappa shape index (κ1) is 15.2. The molecule has 0 aliphatic heterocycles. The summed E-state index contributed by atoms with van der Waals surface area (Å²) < 4.78 is 5.48. The highest BCUT2D eigenvalue weighted by Gasteiger charge is 2.21. The summed E-state index contributed by atoms with van der Waals surface area (Å²) in [6.07, 6.45) is 6.47. The third kappa shape index (κ3) is 6.65. The van der Waals surface area contributed by atoms with Gasteiger partial charge < -0.3 is 4.74 Å². The van der Waals surface area contributed by atoms with E-state index in [4.69, 9.17) is 4.74 Å². The lowest BCUT2D eigenvalue weighted by Gasteiger charge is -2.24. The molecule has 0 aromatic carbocycles. The molecule has 2 nitrogen and oxygen atoms in total. The molecule has 0 amide bonds. The lowest BCUT2D eigenvalue weighted by Crippen LogP contribution is -2.28. The van der Waals surface area contributed by atoms with Crippen LogP contribution in [0.25, 0.3) is 0 Å². The van der Waals surface area contributed by atoms with Crippen molar-refractivity contribution in [2.75, 3.05) is 0 Å². The van der Waals surface area contributed by atoms with E-state index in [1.807, 2.05) is 6.08 Å². The van der Waals surface area contributed by atoms with Crippen molar-refractivity contribution in [2.24, 2.45) is 11.8 Å². The van der Waals surface area contributed by atoms with Crippen molar-refractivity contribution in [3.63, 3.8) is 0 Å². The third-order valence-electron chi connectivity index (χ3n) is 2.50. The van der Waals surface area contributed by atoms with Crippen molar-refractivity contribution in [3.8, 4) is 0 Å². The van der Waals surface area contributed by atoms with Crippen LogP contribution in [0, 0.1) is 11.8 Å². The maximum Gasteiger partial charge on any atom is 0.306 e. The van der Waals surface area contributed by atoms with Gasteiger partial charge in [0.2, 0.25) is 0 Å². The zero-order chi connectivity index (χ0) is 12.6. The fourth-order valence-electron chi connectivity index (χ4n) is 1.74. The second-order valence-corrected chi connectivity index (χ2v) is 4.86. The summed E-state index contributed by atoms with van der Waals surface area (Å²) in [5, 5.41) is 0. The molecule has 0 aromatic rings. The molecule has 0 rings (SSSR count). The Labute approximate surface area is 100 Å². The molecule has 0 unspecified atom stereocenters. The number of hydrogen-bond donors (Lipinski definition) is 0. The lowest BCUT2D eigenvalue weighted by molar-refractivity contribution is -0.153. The van der Waals surface area contributed by atoms with Gasteiger partial charge in [0.25, 0.3) is 0 Å². The van der Waals surface area contributed by atoms with Crippen LogP contribution in [0.5, 0.6) is 0 Å². The Bertz CT molecular complexity index is 209. The van der Waals surface area contributed by atoms with Gasteiger partial charge >= 0.3 is 5.97 Å². The van der Waals surface area contributed by atoms with Crippen LogP contribution in [0.15, 0.2) is 12.2 Å². The molecule has 2 heteroatoms. The molecule has 0 aromatic heterocycles. The zero-order valence-electron chi connectivity index (χ0n) is 11.3. The summed E-state index contributed by atoms with van der Waals surface area (Å²) in [6.45, 7) is 10.5. The largest absolute Gasteiger partial charge is 0.462 e. The smallest absolute Gasteiger partial charge is 0.306 e. The van der Waals surface area contributed by atoms with E-state index < -0.39 is 0 Å². The SMILES string of the molecule is CC/C=C/CCC(=O)OC(C(C)C)C(C)C. The van der Waals surface area contributed by atoms with E-state index in [2.05, 4.69) is 40.7 Å². The van der Waals surface area contributed by atoms with E-state index in [9.17, 15) is 4.79 Å². The summed E-state index contributed by atoms with van der Waals surface area (Å²) in [5.41, 5.74) is 0. The van der Waals surface area contributed by atoms with Gasteiger partial charge in [-0.3, -0.25) is 4.79 Å². The van der Waals surface area contributed by atoms with E-state index >= 15 is 0 Å². The molecular formula is C14H26O2. The molecule has 0 bridgehead atoms. The van der Waals surface area contributed by atoms with E-state index in [0.717, 1.165) is 12.8 Å². The molecule has 0 heterocycles. The summed E-state index contributed by atoms with van der Waals surface area (Å²) in [5.74, 6) is 0.693. The number of rotatable bonds is 7. The summed E-state index contributed by atoms with van der Waals surface area (Å²) >= 11 is 0. The Morgan fingerprint density at radius 2 is 1.69 bits per heavy atom. The van der Waals surface area contributed by atoms with Crippen LogP contribution in [0.1, 0.15) is 53.9 Å². The van der Waals surface area contributed by atoms with E-state index in [-0.39, 0.29) is 12.1 Å². The minimum absolute atomic E-state index is 0.0441. The number of carbonyl (C=O) groups is 1. The van der Waals surface area contributed by atoms with Gasteiger partial charge in [-0.2, -0.15) is 0 Å². The van der Waals surface area contributed by atoms with Crippen LogP contribution in [0.4, 0.5) is 0 Å². The predicted molar refractivity (Wildman–Crippen MR) is 68.2 cm³/mol. The van der Waals surface area contributed by atoms with Gasteiger partial charge in [-0.1, -0.05) is 46.8 Å². The van der Waals surface area contributed by atoms with Crippen LogP contribution < -0.4 is 0 Å². The summed E-state index contributed by atoms with van der Waals surface area (Å²) in [6, 6.07) is 0. The fraction of sp³-hybridized carbons (Fsp3) is 0.786. The van der Waals surface area contributed by atoms with Crippen molar-refractivity contribution in [2.45, 2.75) is 60.0 Å². The summed E-state index contributed by atoms with van der Waals surface area (Å²) in [7, 11) is 0. The highest BCUT2D eigenvalue weighted by atomic mass is 16.5. The molecule has 0 spiro atoms. The van der Waals surface area contributed by atoms with Crippen molar-refractivity contribution in [3.05, 3.63) is 12.2 Å². The van der Waals surface area contributed by atoms with Crippen LogP contribution in [-0.2, 0) is 9.53 Å². The molecule has 0 atom stereocenters. The fourth-order valence-corrected chi connectivity index (χ4v) is 1.74. The van der Waals surface area contributed by atoms with Crippen molar-refractivity contribution >= 4 is 5.97 Å². The maximum absolute atomic E-state index is 11.6. The molecule has 0 aliphatic carbocycles. The van der Waals surface area contributed by atoms with Gasteiger partial charge in [0.15, 0.2) is 0 Å². The molecule has 16 heavy (non-hydrogen) atoms. The zero-order valence-corrected chi connectivity index (χ0v) is 11.3. The molecule has 0 saturated heterocycles. The number of hydrogen-bond acceptors (Lipinski definition) is 2. The highest BCUT2D eigenvalue weighted by molar-refractivity contribution is 5.69. The normalized spacial score (nSPS) is 12.0. The second kappa shape index (κ2) is 8.37. The standard InChI is InChI=1S/C14H26O2/c1-6-7-8-9-10-13(15)16-14(11(2)3)12(4)5/h7-8,11-12,14H,6,9-10H2,1-5H3/b8-7+. The van der Waals surface area contributed by atoms with E-state index in [1.165, 1.54) is 0 Å². The van der Waals surface area contributed by atoms with Crippen molar-refractivity contribution in [1.82, 2.24) is 0 Å². The Morgan fingerprint density at radius 1 is 1.12 bits per heavy atom. The van der Waals surface area contributed by atoms with Crippen LogP contribution >= 0.6 is 0 Å². The molecule has 0 aliphatic rings. The van der Waals surface area contributed by atoms with Gasteiger partial charge in [0.05, 0.1) is 0 Å². The molecule has 0 saturated carbocycles. The number of esters is 1. The first-order valence-electron chi connectivity index (χ1n) is 6.33. The quantitative estimate of drug-likeness (QED) is 0.485. The molecule has 0 fully saturated rings. The number of allylic oxidation sites excluding steroid dienone is 2. The van der Waals surface area contributed by atoms with Gasteiger partial charge in [-0.15, -0.1) is 0 Å². The van der Waals surface area contributed by atoms with Crippen LogP contribution in [0.2, 0.25) is 0 Å². The first-order chi connectivity index (χ1) is 7.49. The minimum atomic E-state index is -0.0758. The molecule has 94 valence electrons. The molecule has 0 N–H and O–H groups in total. The molecular weight excluding hydrogens is 200 g/mol. The van der Waals surface area contributed by atoms with Crippen molar-refractivity contribution in [1.29, 1.82) is 0 Å². The maximum atomic E-state index is 11.6. The van der Waals surface area contributed by atoms with Gasteiger partial charge in [0.1, 0.15) is 6.10 Å². The van der Waals surface area contributed by atoms with Gasteiger partial charge in [-0.25, -0.2) is 0 Å². The second-order valence-electron chi connectivity index (χ2n) is 4.86. The van der Waals surface area contributed by atoms with E-state index in [0.29, 0.717) is 18.3 Å². The Hall–Kier alpha value is -0.790. The Morgan fingerprint density at radius 3 is 2.12 bits per heavy atom. The molecule has 0 radical (unpaired) electrons. The van der Waals surface area contributed by atoms with Crippen LogP contribution in [0.3, 0.4) is 0 Å². The first-order valence-corrected chi connectivity index (χ1v) is 6.33. The monoisotopic (exact) mass is 226 g/mol. The van der Waals surface area contributed by atoms with E-state index in [1.54, 1.807) is 0 Å². The Balaban J connectivity index is 3.96. The number of carbonyl (C=O) groups excluding carboxylic acids is 1. The average Bonchev–Trinajstić information content (AvgIpc) is 2.20. The van der Waals surface area contributed by atoms with Gasteiger partial charge in [-0.05, 0) is 24.7 Å².